The maximum Gasteiger partial charge on any atom is 0.194 e. The van der Waals surface area contributed by atoms with Gasteiger partial charge < -0.3 is 0 Å². The van der Waals surface area contributed by atoms with Gasteiger partial charge in [0.15, 0.2) is 17.5 Å². The molecule has 1 aromatic carbocycles. The van der Waals surface area contributed by atoms with Crippen LogP contribution in [0.15, 0.2) is 24.3 Å². The molecule has 0 aliphatic heterocycles. The Bertz CT molecular complexity index is 583. The van der Waals surface area contributed by atoms with Gasteiger partial charge in [-0.05, 0) is 92.7 Å². The van der Waals surface area contributed by atoms with Crippen LogP contribution in [-0.4, -0.2) is 0 Å². The van der Waals surface area contributed by atoms with E-state index in [0.717, 1.165) is 37.5 Å². The van der Waals surface area contributed by atoms with E-state index in [1.54, 1.807) is 0 Å². The summed E-state index contributed by atoms with van der Waals surface area (Å²) in [5, 5.41) is 0. The topological polar surface area (TPSA) is 0 Å². The number of benzene rings is 1. The summed E-state index contributed by atoms with van der Waals surface area (Å²) in [5.41, 5.74) is 0.609. The van der Waals surface area contributed by atoms with Crippen LogP contribution in [-0.2, 0) is 0 Å². The van der Waals surface area contributed by atoms with Crippen LogP contribution in [0, 0.1) is 35.2 Å². The summed E-state index contributed by atoms with van der Waals surface area (Å²) in [4.78, 5) is 0. The minimum absolute atomic E-state index is 0.147. The van der Waals surface area contributed by atoms with E-state index in [0.29, 0.717) is 11.5 Å². The van der Waals surface area contributed by atoms with Crippen LogP contribution in [0.25, 0.3) is 0 Å². The van der Waals surface area contributed by atoms with Gasteiger partial charge in [-0.1, -0.05) is 31.9 Å². The molecule has 3 rings (SSSR count). The minimum atomic E-state index is -1.36. The van der Waals surface area contributed by atoms with Gasteiger partial charge in [-0.15, -0.1) is 0 Å². The van der Waals surface area contributed by atoms with Crippen molar-refractivity contribution in [3.63, 3.8) is 0 Å². The lowest BCUT2D eigenvalue weighted by atomic mass is 9.77. The van der Waals surface area contributed by atoms with E-state index >= 15 is 0 Å². The Kier molecular flexibility index (Phi) is 6.83. The molecule has 26 heavy (non-hydrogen) atoms. The van der Waals surface area contributed by atoms with Gasteiger partial charge in [0.25, 0.3) is 0 Å². The van der Waals surface area contributed by atoms with E-state index in [2.05, 4.69) is 19.1 Å². The predicted octanol–water partition coefficient (Wildman–Crippen LogP) is 7.54. The van der Waals surface area contributed by atoms with Gasteiger partial charge >= 0.3 is 0 Å². The Morgan fingerprint density at radius 1 is 0.808 bits per heavy atom. The largest absolute Gasteiger partial charge is 0.204 e. The van der Waals surface area contributed by atoms with Crippen molar-refractivity contribution in [2.75, 3.05) is 0 Å². The van der Waals surface area contributed by atoms with E-state index in [1.807, 2.05) is 0 Å². The number of hydrogen-bond acceptors (Lipinski definition) is 0. The molecule has 1 aromatic rings. The lowest BCUT2D eigenvalue weighted by Gasteiger charge is -2.29. The number of allylic oxidation sites excluding steroid dienone is 2. The summed E-state index contributed by atoms with van der Waals surface area (Å²) in [6.07, 6.45) is 16.8. The fourth-order valence-corrected chi connectivity index (χ4v) is 4.85. The second-order valence-corrected chi connectivity index (χ2v) is 8.36. The highest BCUT2D eigenvalue weighted by atomic mass is 19.2. The lowest BCUT2D eigenvalue weighted by Crippen LogP contribution is -2.15. The Labute approximate surface area is 155 Å². The molecule has 2 fully saturated rings. The molecule has 2 aliphatic carbocycles. The lowest BCUT2D eigenvalue weighted by molar-refractivity contribution is 0.292. The van der Waals surface area contributed by atoms with Crippen LogP contribution in [0.1, 0.15) is 82.6 Å². The molecule has 0 amide bonds. The molecule has 0 heterocycles. The summed E-state index contributed by atoms with van der Waals surface area (Å²) in [5.74, 6) is -1.10. The first-order chi connectivity index (χ1) is 12.6. The van der Waals surface area contributed by atoms with E-state index in [9.17, 15) is 13.2 Å². The molecule has 0 saturated heterocycles. The normalized spacial score (nSPS) is 30.0. The molecule has 2 aliphatic rings. The van der Waals surface area contributed by atoms with Crippen LogP contribution in [0.3, 0.4) is 0 Å². The SMILES string of the molecule is CCC[C@H]1CC[C@H](C=C[C@H]2CC[C@H](c3cc(F)c(F)c(F)c3)CC2)CC1. The first-order valence-corrected chi connectivity index (χ1v) is 10.4. The number of halogens is 3. The Hall–Kier alpha value is -1.25. The van der Waals surface area contributed by atoms with Crippen molar-refractivity contribution in [1.82, 2.24) is 0 Å². The summed E-state index contributed by atoms with van der Waals surface area (Å²) >= 11 is 0. The zero-order chi connectivity index (χ0) is 18.5. The highest BCUT2D eigenvalue weighted by Crippen LogP contribution is 2.38. The summed E-state index contributed by atoms with van der Waals surface area (Å²) in [6.45, 7) is 2.27. The third kappa shape index (κ3) is 4.92. The molecular weight excluding hydrogens is 333 g/mol. The molecule has 0 bridgehead atoms. The quantitative estimate of drug-likeness (QED) is 0.374. The molecule has 0 spiro atoms. The molecule has 2 saturated carbocycles. The second kappa shape index (κ2) is 9.10. The first kappa shape index (κ1) is 19.5. The molecular formula is C23H31F3. The van der Waals surface area contributed by atoms with Crippen LogP contribution in [0.5, 0.6) is 0 Å². The van der Waals surface area contributed by atoms with Crippen molar-refractivity contribution in [1.29, 1.82) is 0 Å². The van der Waals surface area contributed by atoms with E-state index in [1.165, 1.54) is 50.7 Å². The van der Waals surface area contributed by atoms with Gasteiger partial charge in [0.1, 0.15) is 0 Å². The number of rotatable bonds is 5. The molecule has 0 unspecified atom stereocenters. The summed E-state index contributed by atoms with van der Waals surface area (Å²) in [7, 11) is 0. The average Bonchev–Trinajstić information content (AvgIpc) is 2.66. The highest BCUT2D eigenvalue weighted by molar-refractivity contribution is 5.23. The van der Waals surface area contributed by atoms with Gasteiger partial charge in [0, 0.05) is 0 Å². The Balaban J connectivity index is 1.47. The Morgan fingerprint density at radius 3 is 1.81 bits per heavy atom. The zero-order valence-electron chi connectivity index (χ0n) is 15.8. The van der Waals surface area contributed by atoms with Crippen molar-refractivity contribution in [3.8, 4) is 0 Å². The van der Waals surface area contributed by atoms with Gasteiger partial charge in [-0.3, -0.25) is 0 Å². The monoisotopic (exact) mass is 364 g/mol. The summed E-state index contributed by atoms with van der Waals surface area (Å²) < 4.78 is 40.0. The van der Waals surface area contributed by atoms with Crippen LogP contribution < -0.4 is 0 Å². The van der Waals surface area contributed by atoms with Gasteiger partial charge in [0.2, 0.25) is 0 Å². The first-order valence-electron chi connectivity index (χ1n) is 10.4. The van der Waals surface area contributed by atoms with Crippen molar-refractivity contribution < 1.29 is 13.2 Å². The highest BCUT2D eigenvalue weighted by Gasteiger charge is 2.24. The fourth-order valence-electron chi connectivity index (χ4n) is 4.85. The maximum atomic E-state index is 13.4. The molecule has 0 nitrogen and oxygen atoms in total. The summed E-state index contributed by atoms with van der Waals surface area (Å²) in [6, 6.07) is 2.35. The van der Waals surface area contributed by atoms with E-state index in [4.69, 9.17) is 0 Å². The predicted molar refractivity (Wildman–Crippen MR) is 101 cm³/mol. The zero-order valence-corrected chi connectivity index (χ0v) is 15.8. The fraction of sp³-hybridized carbons (Fsp3) is 0.652. The average molecular weight is 364 g/mol. The molecule has 144 valence electrons. The molecule has 0 atom stereocenters. The van der Waals surface area contributed by atoms with Gasteiger partial charge in [-0.2, -0.15) is 0 Å². The van der Waals surface area contributed by atoms with Gasteiger partial charge in [0.05, 0.1) is 0 Å². The maximum absolute atomic E-state index is 13.4. The molecule has 3 heteroatoms. The van der Waals surface area contributed by atoms with Crippen molar-refractivity contribution in [2.45, 2.75) is 77.0 Å². The standard InChI is InChI=1S/C23H31F3/c1-2-3-16-4-6-17(7-5-16)8-9-18-10-12-19(13-11-18)20-14-21(24)23(26)22(25)15-20/h8-9,14-19H,2-7,10-13H2,1H3/t16-,17-,18-,19-. The Morgan fingerprint density at radius 2 is 1.31 bits per heavy atom. The van der Waals surface area contributed by atoms with Crippen molar-refractivity contribution in [3.05, 3.63) is 47.3 Å². The third-order valence-corrected chi connectivity index (χ3v) is 6.49. The second-order valence-electron chi connectivity index (χ2n) is 8.36. The van der Waals surface area contributed by atoms with E-state index < -0.39 is 17.5 Å². The third-order valence-electron chi connectivity index (χ3n) is 6.49. The van der Waals surface area contributed by atoms with Gasteiger partial charge in [-0.25, -0.2) is 13.2 Å². The number of hydrogen-bond donors (Lipinski definition) is 0. The van der Waals surface area contributed by atoms with E-state index in [-0.39, 0.29) is 5.92 Å². The minimum Gasteiger partial charge on any atom is -0.204 e. The van der Waals surface area contributed by atoms with Crippen molar-refractivity contribution >= 4 is 0 Å². The smallest absolute Gasteiger partial charge is 0.194 e. The van der Waals surface area contributed by atoms with Crippen LogP contribution >= 0.6 is 0 Å². The van der Waals surface area contributed by atoms with Crippen LogP contribution in [0.4, 0.5) is 13.2 Å². The van der Waals surface area contributed by atoms with Crippen LogP contribution in [0.2, 0.25) is 0 Å². The molecule has 0 aromatic heterocycles. The molecule has 0 N–H and O–H groups in total. The molecule has 0 radical (unpaired) electrons. The van der Waals surface area contributed by atoms with Crippen molar-refractivity contribution in [2.24, 2.45) is 17.8 Å².